The van der Waals surface area contributed by atoms with Gasteiger partial charge in [-0.3, -0.25) is 0 Å². The number of aliphatic hydroxyl groups is 1. The monoisotopic (exact) mass is 342 g/mol. The molecule has 0 saturated carbocycles. The third kappa shape index (κ3) is 2.50. The average Bonchev–Trinajstić information content (AvgIpc) is 3.17. The van der Waals surface area contributed by atoms with Crippen LogP contribution in [0.2, 0.25) is 0 Å². The number of aryl methyl sites for hydroxylation is 2. The first kappa shape index (κ1) is 15.7. The lowest BCUT2D eigenvalue weighted by molar-refractivity contribution is 0.223. The molecule has 3 heterocycles. The van der Waals surface area contributed by atoms with Gasteiger partial charge in [-0.05, 0) is 36.2 Å². The van der Waals surface area contributed by atoms with Gasteiger partial charge in [0, 0.05) is 31.5 Å². The molecular weight excluding hydrogens is 324 g/mol. The summed E-state index contributed by atoms with van der Waals surface area (Å²) in [4.78, 5) is 0.148. The topological polar surface area (TPSA) is 83.6 Å². The first-order valence-electron chi connectivity index (χ1n) is 7.01. The number of sulfonamides is 1. The Morgan fingerprint density at radius 1 is 1.45 bits per heavy atom. The van der Waals surface area contributed by atoms with Gasteiger partial charge in [0.25, 0.3) is 0 Å². The molecule has 0 spiro atoms. The lowest BCUT2D eigenvalue weighted by Crippen LogP contribution is -2.30. The normalized spacial score (nSPS) is 23.2. The standard InChI is InChI=1S/C14H18N2O4S2/c1-9-14(10(2)20-15-9)22(18,19)16-5-12(7-17)13(6-16)11-3-4-21-8-11/h3-4,8,12-13,17H,5-7H2,1-2H3/t12-,13-/m0/s1. The number of hydrogen-bond acceptors (Lipinski definition) is 6. The van der Waals surface area contributed by atoms with Gasteiger partial charge < -0.3 is 9.63 Å². The number of rotatable bonds is 4. The molecule has 2 aromatic heterocycles. The van der Waals surface area contributed by atoms with E-state index in [1.807, 2.05) is 16.8 Å². The summed E-state index contributed by atoms with van der Waals surface area (Å²) in [6, 6.07) is 1.99. The van der Waals surface area contributed by atoms with Crippen LogP contribution in [0.15, 0.2) is 26.2 Å². The van der Waals surface area contributed by atoms with Gasteiger partial charge in [-0.2, -0.15) is 15.6 Å². The van der Waals surface area contributed by atoms with Crippen molar-refractivity contribution >= 4 is 21.4 Å². The molecule has 2 atom stereocenters. The van der Waals surface area contributed by atoms with Crippen LogP contribution in [-0.4, -0.2) is 42.7 Å². The predicted molar refractivity (Wildman–Crippen MR) is 82.4 cm³/mol. The van der Waals surface area contributed by atoms with Crippen molar-refractivity contribution in [2.75, 3.05) is 19.7 Å². The van der Waals surface area contributed by atoms with E-state index in [9.17, 15) is 13.5 Å². The van der Waals surface area contributed by atoms with E-state index >= 15 is 0 Å². The highest BCUT2D eigenvalue weighted by atomic mass is 32.2. The van der Waals surface area contributed by atoms with Crippen LogP contribution in [0.3, 0.4) is 0 Å². The van der Waals surface area contributed by atoms with Gasteiger partial charge >= 0.3 is 0 Å². The summed E-state index contributed by atoms with van der Waals surface area (Å²) in [6.45, 7) is 3.87. The van der Waals surface area contributed by atoms with Gasteiger partial charge in [-0.25, -0.2) is 8.42 Å². The molecule has 0 aromatic carbocycles. The summed E-state index contributed by atoms with van der Waals surface area (Å²) in [5.41, 5.74) is 1.46. The molecule has 1 saturated heterocycles. The van der Waals surface area contributed by atoms with Crippen LogP contribution in [0.25, 0.3) is 0 Å². The molecule has 1 aliphatic heterocycles. The average molecular weight is 342 g/mol. The maximum absolute atomic E-state index is 12.9. The van der Waals surface area contributed by atoms with Crippen LogP contribution < -0.4 is 0 Å². The molecule has 1 fully saturated rings. The van der Waals surface area contributed by atoms with Gasteiger partial charge in [0.15, 0.2) is 5.76 Å². The van der Waals surface area contributed by atoms with E-state index in [-0.39, 0.29) is 23.3 Å². The third-order valence-electron chi connectivity index (χ3n) is 4.18. The molecule has 0 bridgehead atoms. The summed E-state index contributed by atoms with van der Waals surface area (Å²) in [6.07, 6.45) is 0. The summed E-state index contributed by atoms with van der Waals surface area (Å²) in [5, 5.41) is 17.3. The van der Waals surface area contributed by atoms with E-state index in [0.717, 1.165) is 5.56 Å². The van der Waals surface area contributed by atoms with Crippen LogP contribution >= 0.6 is 11.3 Å². The SMILES string of the molecule is Cc1noc(C)c1S(=O)(=O)N1C[C@@H](CO)[C@H](c2ccsc2)C1. The van der Waals surface area contributed by atoms with E-state index in [1.165, 1.54) is 4.31 Å². The molecule has 0 aliphatic carbocycles. The molecule has 22 heavy (non-hydrogen) atoms. The molecule has 3 rings (SSSR count). The lowest BCUT2D eigenvalue weighted by Gasteiger charge is -2.16. The second-order valence-corrected chi connectivity index (χ2v) is 8.24. The fourth-order valence-corrected chi connectivity index (χ4v) is 5.59. The van der Waals surface area contributed by atoms with Crippen molar-refractivity contribution in [1.29, 1.82) is 0 Å². The van der Waals surface area contributed by atoms with Crippen molar-refractivity contribution in [3.05, 3.63) is 33.8 Å². The minimum Gasteiger partial charge on any atom is -0.396 e. The van der Waals surface area contributed by atoms with Crippen LogP contribution in [0, 0.1) is 19.8 Å². The number of nitrogens with zero attached hydrogens (tertiary/aromatic N) is 2. The van der Waals surface area contributed by atoms with E-state index < -0.39 is 10.0 Å². The van der Waals surface area contributed by atoms with Crippen molar-refractivity contribution in [2.24, 2.45) is 5.92 Å². The maximum atomic E-state index is 12.9. The summed E-state index contributed by atoms with van der Waals surface area (Å²) in [5.74, 6) is 0.230. The maximum Gasteiger partial charge on any atom is 0.248 e. The molecule has 8 heteroatoms. The summed E-state index contributed by atoms with van der Waals surface area (Å²) in [7, 11) is -3.65. The molecule has 6 nitrogen and oxygen atoms in total. The Morgan fingerprint density at radius 2 is 2.23 bits per heavy atom. The van der Waals surface area contributed by atoms with E-state index in [2.05, 4.69) is 5.16 Å². The van der Waals surface area contributed by atoms with E-state index in [1.54, 1.807) is 25.2 Å². The lowest BCUT2D eigenvalue weighted by atomic mass is 9.92. The smallest absolute Gasteiger partial charge is 0.248 e. The van der Waals surface area contributed by atoms with Gasteiger partial charge in [-0.1, -0.05) is 5.16 Å². The van der Waals surface area contributed by atoms with Gasteiger partial charge in [-0.15, -0.1) is 0 Å². The summed E-state index contributed by atoms with van der Waals surface area (Å²) < 4.78 is 32.1. The van der Waals surface area contributed by atoms with Crippen LogP contribution in [-0.2, 0) is 10.0 Å². The molecule has 0 amide bonds. The van der Waals surface area contributed by atoms with Gasteiger partial charge in [0.2, 0.25) is 10.0 Å². The highest BCUT2D eigenvalue weighted by Gasteiger charge is 2.41. The number of aliphatic hydroxyl groups excluding tert-OH is 1. The molecule has 1 N–H and O–H groups in total. The molecule has 0 radical (unpaired) electrons. The van der Waals surface area contributed by atoms with Crippen molar-refractivity contribution in [1.82, 2.24) is 9.46 Å². The van der Waals surface area contributed by atoms with Crippen molar-refractivity contribution in [2.45, 2.75) is 24.7 Å². The Hall–Kier alpha value is -1.22. The van der Waals surface area contributed by atoms with Gasteiger partial charge in [0.1, 0.15) is 10.6 Å². The van der Waals surface area contributed by atoms with E-state index in [0.29, 0.717) is 24.5 Å². The quantitative estimate of drug-likeness (QED) is 0.915. The van der Waals surface area contributed by atoms with Crippen LogP contribution in [0.5, 0.6) is 0 Å². The zero-order valence-corrected chi connectivity index (χ0v) is 14.0. The van der Waals surface area contributed by atoms with Gasteiger partial charge in [0.05, 0.1) is 0 Å². The number of aromatic nitrogens is 1. The zero-order valence-electron chi connectivity index (χ0n) is 12.4. The third-order valence-corrected chi connectivity index (χ3v) is 6.96. The fraction of sp³-hybridized carbons (Fsp3) is 0.500. The second-order valence-electron chi connectivity index (χ2n) is 5.58. The number of hydrogen-bond donors (Lipinski definition) is 1. The highest BCUT2D eigenvalue weighted by molar-refractivity contribution is 7.89. The molecule has 2 aromatic rings. The highest BCUT2D eigenvalue weighted by Crippen LogP contribution is 2.37. The first-order valence-corrected chi connectivity index (χ1v) is 9.39. The Balaban J connectivity index is 1.93. The molecule has 120 valence electrons. The predicted octanol–water partition coefficient (Wildman–Crippen LogP) is 1.75. The Kier molecular flexibility index (Phi) is 4.11. The van der Waals surface area contributed by atoms with Crippen molar-refractivity contribution < 1.29 is 18.0 Å². The Morgan fingerprint density at radius 3 is 2.77 bits per heavy atom. The van der Waals surface area contributed by atoms with Crippen molar-refractivity contribution in [3.8, 4) is 0 Å². The minimum atomic E-state index is -3.65. The number of thiophene rings is 1. The summed E-state index contributed by atoms with van der Waals surface area (Å²) >= 11 is 1.58. The Bertz CT molecular complexity index is 732. The molecule has 1 aliphatic rings. The van der Waals surface area contributed by atoms with Crippen LogP contribution in [0.1, 0.15) is 22.9 Å². The Labute approximate surface area is 133 Å². The largest absolute Gasteiger partial charge is 0.396 e. The van der Waals surface area contributed by atoms with Crippen LogP contribution in [0.4, 0.5) is 0 Å². The zero-order chi connectivity index (χ0) is 15.9. The van der Waals surface area contributed by atoms with Crippen molar-refractivity contribution in [3.63, 3.8) is 0 Å². The molecular formula is C14H18N2O4S2. The minimum absolute atomic E-state index is 0.0199. The molecule has 0 unspecified atom stereocenters. The second kappa shape index (κ2) is 5.77. The van der Waals surface area contributed by atoms with E-state index in [4.69, 9.17) is 4.52 Å². The first-order chi connectivity index (χ1) is 10.4. The fourth-order valence-electron chi connectivity index (χ4n) is 3.05.